The predicted octanol–water partition coefficient (Wildman–Crippen LogP) is 2.21. The summed E-state index contributed by atoms with van der Waals surface area (Å²) in [7, 11) is 1.71. The zero-order chi connectivity index (χ0) is 12.5. The van der Waals surface area contributed by atoms with E-state index in [0.29, 0.717) is 6.54 Å². The molecule has 1 aromatic rings. The molecule has 1 N–H and O–H groups in total. The molecule has 0 unspecified atom stereocenters. The van der Waals surface area contributed by atoms with Crippen molar-refractivity contribution in [2.75, 3.05) is 13.6 Å². The van der Waals surface area contributed by atoms with E-state index in [2.05, 4.69) is 0 Å². The average molecular weight is 241 g/mol. The number of nitrogens with zero attached hydrogens (tertiary/aromatic N) is 1. The minimum Gasteiger partial charge on any atom is -0.389 e. The topological polar surface area (TPSA) is 40.5 Å². The maximum atomic E-state index is 12.0. The van der Waals surface area contributed by atoms with Crippen molar-refractivity contribution >= 4 is 17.2 Å². The minimum atomic E-state index is -0.855. The number of aliphatic hydroxyl groups is 1. The highest BCUT2D eigenvalue weighted by Crippen LogP contribution is 2.22. The van der Waals surface area contributed by atoms with Gasteiger partial charge in [-0.25, -0.2) is 0 Å². The van der Waals surface area contributed by atoms with E-state index in [1.807, 2.05) is 19.9 Å². The lowest BCUT2D eigenvalue weighted by atomic mass is 10.1. The van der Waals surface area contributed by atoms with Crippen LogP contribution in [-0.4, -0.2) is 35.1 Å². The molecule has 0 bridgehead atoms. The molecule has 0 aromatic carbocycles. The normalized spacial score (nSPS) is 11.6. The van der Waals surface area contributed by atoms with Crippen molar-refractivity contribution in [3.8, 4) is 0 Å². The van der Waals surface area contributed by atoms with Crippen LogP contribution >= 0.6 is 11.3 Å². The molecule has 0 aliphatic rings. The Morgan fingerprint density at radius 2 is 2.06 bits per heavy atom. The Morgan fingerprint density at radius 1 is 1.50 bits per heavy atom. The fourth-order valence-corrected chi connectivity index (χ4v) is 2.55. The number of carbonyl (C=O) groups excluding carboxylic acids is 1. The molecule has 1 aromatic heterocycles. The molecule has 0 radical (unpaired) electrons. The summed E-state index contributed by atoms with van der Waals surface area (Å²) in [6.07, 6.45) is 0. The molecule has 1 rings (SSSR count). The SMILES string of the molecule is Cc1cc(C(=O)N(C)CC(C)(C)O)sc1C. The molecule has 16 heavy (non-hydrogen) atoms. The third-order valence-corrected chi connectivity index (χ3v) is 3.49. The molecule has 0 saturated carbocycles. The van der Waals surface area contributed by atoms with Gasteiger partial charge in [-0.15, -0.1) is 11.3 Å². The van der Waals surface area contributed by atoms with Gasteiger partial charge in [-0.05, 0) is 39.3 Å². The number of hydrogen-bond donors (Lipinski definition) is 1. The van der Waals surface area contributed by atoms with Gasteiger partial charge in [0.2, 0.25) is 0 Å². The van der Waals surface area contributed by atoms with Crippen LogP contribution in [0.15, 0.2) is 6.07 Å². The molecular weight excluding hydrogens is 222 g/mol. The van der Waals surface area contributed by atoms with Gasteiger partial charge in [-0.1, -0.05) is 0 Å². The number of rotatable bonds is 3. The quantitative estimate of drug-likeness (QED) is 0.881. The number of aryl methyl sites for hydroxylation is 2. The Morgan fingerprint density at radius 3 is 2.44 bits per heavy atom. The Balaban J connectivity index is 2.78. The van der Waals surface area contributed by atoms with E-state index >= 15 is 0 Å². The van der Waals surface area contributed by atoms with E-state index in [9.17, 15) is 9.90 Å². The summed E-state index contributed by atoms with van der Waals surface area (Å²) >= 11 is 1.50. The van der Waals surface area contributed by atoms with Gasteiger partial charge in [0, 0.05) is 18.5 Å². The molecule has 1 heterocycles. The predicted molar refractivity (Wildman–Crippen MR) is 67.1 cm³/mol. The molecule has 0 saturated heterocycles. The Bertz CT molecular complexity index is 371. The number of amides is 1. The van der Waals surface area contributed by atoms with E-state index in [4.69, 9.17) is 0 Å². The average Bonchev–Trinajstić information content (AvgIpc) is 2.43. The van der Waals surface area contributed by atoms with Crippen LogP contribution in [0.1, 0.15) is 34.0 Å². The zero-order valence-electron chi connectivity index (χ0n) is 10.5. The van der Waals surface area contributed by atoms with Gasteiger partial charge in [-0.3, -0.25) is 4.79 Å². The molecule has 3 nitrogen and oxygen atoms in total. The molecule has 0 spiro atoms. The minimum absolute atomic E-state index is 0.0247. The summed E-state index contributed by atoms with van der Waals surface area (Å²) in [5.41, 5.74) is 0.288. The lowest BCUT2D eigenvalue weighted by Crippen LogP contribution is -2.39. The van der Waals surface area contributed by atoms with Crippen LogP contribution in [0.3, 0.4) is 0 Å². The molecular formula is C12H19NO2S. The van der Waals surface area contributed by atoms with Crippen LogP contribution in [-0.2, 0) is 0 Å². The third-order valence-electron chi connectivity index (χ3n) is 2.35. The van der Waals surface area contributed by atoms with Crippen molar-refractivity contribution in [1.29, 1.82) is 0 Å². The van der Waals surface area contributed by atoms with Crippen molar-refractivity contribution in [3.63, 3.8) is 0 Å². The number of carbonyl (C=O) groups is 1. The van der Waals surface area contributed by atoms with E-state index < -0.39 is 5.60 Å². The highest BCUT2D eigenvalue weighted by molar-refractivity contribution is 7.14. The van der Waals surface area contributed by atoms with Crippen molar-refractivity contribution in [1.82, 2.24) is 4.90 Å². The van der Waals surface area contributed by atoms with Crippen LogP contribution < -0.4 is 0 Å². The Hall–Kier alpha value is -0.870. The molecule has 1 amide bonds. The zero-order valence-corrected chi connectivity index (χ0v) is 11.3. The second-order valence-corrected chi connectivity index (χ2v) is 6.08. The lowest BCUT2D eigenvalue weighted by Gasteiger charge is -2.25. The summed E-state index contributed by atoms with van der Waals surface area (Å²) in [4.78, 5) is 15.5. The maximum absolute atomic E-state index is 12.0. The second kappa shape index (κ2) is 4.55. The fourth-order valence-electron chi connectivity index (χ4n) is 1.52. The first-order chi connectivity index (χ1) is 7.20. The summed E-state index contributed by atoms with van der Waals surface area (Å²) in [5.74, 6) is -0.0247. The molecule has 0 atom stereocenters. The highest BCUT2D eigenvalue weighted by atomic mass is 32.1. The largest absolute Gasteiger partial charge is 0.389 e. The van der Waals surface area contributed by atoms with Gasteiger partial charge in [0.15, 0.2) is 0 Å². The summed E-state index contributed by atoms with van der Waals surface area (Å²) in [6.45, 7) is 7.73. The first kappa shape index (κ1) is 13.2. The number of hydrogen-bond acceptors (Lipinski definition) is 3. The van der Waals surface area contributed by atoms with Crippen molar-refractivity contribution in [3.05, 3.63) is 21.4 Å². The fraction of sp³-hybridized carbons (Fsp3) is 0.583. The van der Waals surface area contributed by atoms with Gasteiger partial charge >= 0.3 is 0 Å². The van der Waals surface area contributed by atoms with Gasteiger partial charge in [0.25, 0.3) is 5.91 Å². The standard InChI is InChI=1S/C12H19NO2S/c1-8-6-10(16-9(8)2)11(14)13(5)7-12(3,4)15/h6,15H,7H2,1-5H3. The molecule has 0 fully saturated rings. The maximum Gasteiger partial charge on any atom is 0.263 e. The van der Waals surface area contributed by atoms with Crippen LogP contribution in [0.2, 0.25) is 0 Å². The molecule has 4 heteroatoms. The van der Waals surface area contributed by atoms with Gasteiger partial charge in [0.1, 0.15) is 0 Å². The molecule has 0 aliphatic carbocycles. The van der Waals surface area contributed by atoms with Crippen molar-refractivity contribution < 1.29 is 9.90 Å². The van der Waals surface area contributed by atoms with Crippen LogP contribution in [0.5, 0.6) is 0 Å². The smallest absolute Gasteiger partial charge is 0.263 e. The summed E-state index contributed by atoms with van der Waals surface area (Å²) in [5, 5.41) is 9.65. The van der Waals surface area contributed by atoms with Gasteiger partial charge in [-0.2, -0.15) is 0 Å². The highest BCUT2D eigenvalue weighted by Gasteiger charge is 2.21. The van der Waals surface area contributed by atoms with Crippen molar-refractivity contribution in [2.24, 2.45) is 0 Å². The number of likely N-dealkylation sites (N-methyl/N-ethyl adjacent to an activating group) is 1. The van der Waals surface area contributed by atoms with Crippen LogP contribution in [0.4, 0.5) is 0 Å². The van der Waals surface area contributed by atoms with E-state index in [1.165, 1.54) is 16.2 Å². The van der Waals surface area contributed by atoms with Gasteiger partial charge < -0.3 is 10.0 Å². The van der Waals surface area contributed by atoms with E-state index in [1.54, 1.807) is 25.8 Å². The van der Waals surface area contributed by atoms with Gasteiger partial charge in [0.05, 0.1) is 10.5 Å². The second-order valence-electron chi connectivity index (χ2n) is 4.82. The third kappa shape index (κ3) is 3.32. The van der Waals surface area contributed by atoms with Crippen LogP contribution in [0, 0.1) is 13.8 Å². The Kier molecular flexibility index (Phi) is 3.76. The first-order valence-corrected chi connectivity index (χ1v) is 6.07. The summed E-state index contributed by atoms with van der Waals surface area (Å²) < 4.78 is 0. The molecule has 90 valence electrons. The summed E-state index contributed by atoms with van der Waals surface area (Å²) in [6, 6.07) is 1.91. The Labute approximate surface area is 101 Å². The molecule has 0 aliphatic heterocycles. The monoisotopic (exact) mass is 241 g/mol. The van der Waals surface area contributed by atoms with E-state index in [0.717, 1.165) is 10.4 Å². The van der Waals surface area contributed by atoms with E-state index in [-0.39, 0.29) is 5.91 Å². The first-order valence-electron chi connectivity index (χ1n) is 5.25. The van der Waals surface area contributed by atoms with Crippen molar-refractivity contribution in [2.45, 2.75) is 33.3 Å². The van der Waals surface area contributed by atoms with Crippen LogP contribution in [0.25, 0.3) is 0 Å². The lowest BCUT2D eigenvalue weighted by molar-refractivity contribution is 0.0370. The number of thiophene rings is 1.